The molecule has 3 heteroatoms. The van der Waals surface area contributed by atoms with E-state index in [-0.39, 0.29) is 11.5 Å². The first-order valence-corrected chi connectivity index (χ1v) is 9.45. The number of aliphatic hydroxyl groups is 1. The van der Waals surface area contributed by atoms with Gasteiger partial charge >= 0.3 is 5.97 Å². The number of ether oxygens (including phenoxy) is 1. The van der Waals surface area contributed by atoms with E-state index in [1.807, 2.05) is 24.3 Å². The molecule has 1 aliphatic heterocycles. The van der Waals surface area contributed by atoms with Crippen molar-refractivity contribution in [3.63, 3.8) is 0 Å². The molecule has 0 saturated heterocycles. The van der Waals surface area contributed by atoms with Crippen LogP contribution in [0.15, 0.2) is 54.0 Å². The molecule has 0 aliphatic carbocycles. The fourth-order valence-corrected chi connectivity index (χ4v) is 3.44. The summed E-state index contributed by atoms with van der Waals surface area (Å²) in [5.41, 5.74) is 6.74. The number of esters is 1. The molecule has 3 nitrogen and oxygen atoms in total. The Morgan fingerprint density at radius 1 is 1.07 bits per heavy atom. The highest BCUT2D eigenvalue weighted by molar-refractivity contribution is 5.89. The molecule has 0 bridgehead atoms. The van der Waals surface area contributed by atoms with E-state index in [1.165, 1.54) is 11.1 Å². The molecular formula is C24H25O3. The summed E-state index contributed by atoms with van der Waals surface area (Å²) in [6.45, 7) is 8.65. The van der Waals surface area contributed by atoms with E-state index in [0.717, 1.165) is 54.0 Å². The highest BCUT2D eigenvalue weighted by Crippen LogP contribution is 2.32. The second-order valence-electron chi connectivity index (χ2n) is 6.82. The predicted molar refractivity (Wildman–Crippen MR) is 109 cm³/mol. The van der Waals surface area contributed by atoms with Crippen LogP contribution in [-0.4, -0.2) is 11.1 Å². The largest absolute Gasteiger partial charge is 0.504 e. The van der Waals surface area contributed by atoms with Crippen LogP contribution in [0, 0.1) is 6.92 Å². The molecule has 2 aromatic rings. The van der Waals surface area contributed by atoms with Gasteiger partial charge in [-0.3, -0.25) is 0 Å². The van der Waals surface area contributed by atoms with E-state index in [2.05, 4.69) is 32.9 Å². The number of hydrogen-bond donors (Lipinski definition) is 1. The number of rotatable bonds is 6. The Labute approximate surface area is 161 Å². The van der Waals surface area contributed by atoms with E-state index in [4.69, 9.17) is 4.74 Å². The molecule has 0 fully saturated rings. The summed E-state index contributed by atoms with van der Waals surface area (Å²) in [4.78, 5) is 11.4. The van der Waals surface area contributed by atoms with Gasteiger partial charge in [0.25, 0.3) is 0 Å². The van der Waals surface area contributed by atoms with Crippen molar-refractivity contribution in [2.24, 2.45) is 0 Å². The third-order valence-electron chi connectivity index (χ3n) is 4.75. The van der Waals surface area contributed by atoms with E-state index in [0.29, 0.717) is 0 Å². The Kier molecular flexibility index (Phi) is 5.80. The molecule has 0 atom stereocenters. The summed E-state index contributed by atoms with van der Waals surface area (Å²) in [7, 11) is 0. The summed E-state index contributed by atoms with van der Waals surface area (Å²) in [6.07, 6.45) is 6.92. The lowest BCUT2D eigenvalue weighted by atomic mass is 9.89. The van der Waals surface area contributed by atoms with E-state index >= 15 is 0 Å². The van der Waals surface area contributed by atoms with Crippen molar-refractivity contribution in [1.82, 2.24) is 0 Å². The van der Waals surface area contributed by atoms with Gasteiger partial charge in [0, 0.05) is 0 Å². The van der Waals surface area contributed by atoms with Gasteiger partial charge in [0.05, 0.1) is 6.08 Å². The number of aryl methyl sites for hydroxylation is 2. The normalized spacial score (nSPS) is 15.1. The third-order valence-corrected chi connectivity index (χ3v) is 4.75. The Hall–Kier alpha value is -2.81. The lowest BCUT2D eigenvalue weighted by Crippen LogP contribution is -1.98. The van der Waals surface area contributed by atoms with E-state index in [1.54, 1.807) is 6.08 Å². The number of aliphatic hydroxyl groups excluding tert-OH is 1. The molecule has 139 valence electrons. The number of hydrogen-bond acceptors (Lipinski definition) is 3. The van der Waals surface area contributed by atoms with Crippen molar-refractivity contribution in [1.29, 1.82) is 0 Å². The first-order chi connectivity index (χ1) is 13.0. The van der Waals surface area contributed by atoms with Gasteiger partial charge in [0.15, 0.2) is 11.5 Å². The Morgan fingerprint density at radius 3 is 2.26 bits per heavy atom. The first kappa shape index (κ1) is 19.0. The van der Waals surface area contributed by atoms with Crippen molar-refractivity contribution >= 4 is 12.0 Å². The van der Waals surface area contributed by atoms with Crippen LogP contribution in [0.4, 0.5) is 0 Å². The number of carbonyl (C=O) groups excluding carboxylic acids is 1. The zero-order valence-electron chi connectivity index (χ0n) is 15.9. The Morgan fingerprint density at radius 2 is 1.70 bits per heavy atom. The van der Waals surface area contributed by atoms with E-state index < -0.39 is 5.97 Å². The maximum Gasteiger partial charge on any atom is 0.340 e. The lowest BCUT2D eigenvalue weighted by Gasteiger charge is -2.15. The van der Waals surface area contributed by atoms with Gasteiger partial charge in [-0.2, -0.15) is 0 Å². The standard InChI is InChI=1S/C24H25O3/c1-4-8-17-12-20(13-18(9-5-2)16(17)3)21-11-7-6-10-19(21)14-23-22(25)15-24(26)27-23/h6-7,10-15,25H,3-5,8-9H2,1-2H3/b23-14-. The average molecular weight is 361 g/mol. The van der Waals surface area contributed by atoms with Gasteiger partial charge in [-0.15, -0.1) is 0 Å². The minimum Gasteiger partial charge on any atom is -0.504 e. The lowest BCUT2D eigenvalue weighted by molar-refractivity contribution is -0.132. The minimum atomic E-state index is -0.548. The molecule has 0 aromatic heterocycles. The maximum absolute atomic E-state index is 11.4. The minimum absolute atomic E-state index is 0.138. The summed E-state index contributed by atoms with van der Waals surface area (Å²) in [5, 5.41) is 9.89. The second kappa shape index (κ2) is 8.26. The van der Waals surface area contributed by atoms with Crippen LogP contribution in [0.3, 0.4) is 0 Å². The summed E-state index contributed by atoms with van der Waals surface area (Å²) < 4.78 is 5.08. The Bertz CT molecular complexity index is 892. The number of benzene rings is 2. The highest BCUT2D eigenvalue weighted by Gasteiger charge is 2.20. The molecule has 27 heavy (non-hydrogen) atoms. The number of carbonyl (C=O) groups is 1. The molecule has 0 amide bonds. The van der Waals surface area contributed by atoms with Crippen LogP contribution in [0.25, 0.3) is 17.2 Å². The van der Waals surface area contributed by atoms with Gasteiger partial charge in [-0.25, -0.2) is 4.79 Å². The first-order valence-electron chi connectivity index (χ1n) is 9.45. The quantitative estimate of drug-likeness (QED) is 0.663. The molecule has 3 rings (SSSR count). The molecule has 1 heterocycles. The zero-order chi connectivity index (χ0) is 19.4. The summed E-state index contributed by atoms with van der Waals surface area (Å²) in [5.74, 6) is -0.502. The molecule has 2 aromatic carbocycles. The van der Waals surface area contributed by atoms with Crippen LogP contribution >= 0.6 is 0 Å². The molecular weight excluding hydrogens is 336 g/mol. The monoisotopic (exact) mass is 361 g/mol. The molecule has 0 spiro atoms. The smallest absolute Gasteiger partial charge is 0.340 e. The fraction of sp³-hybridized carbons (Fsp3) is 0.250. The van der Waals surface area contributed by atoms with Crippen molar-refractivity contribution < 1.29 is 14.6 Å². The molecule has 1 aliphatic rings. The van der Waals surface area contributed by atoms with Crippen LogP contribution in [0.5, 0.6) is 0 Å². The molecule has 0 saturated carbocycles. The average Bonchev–Trinajstić information content (AvgIpc) is 2.96. The van der Waals surface area contributed by atoms with Gasteiger partial charge in [-0.1, -0.05) is 63.1 Å². The highest BCUT2D eigenvalue weighted by atomic mass is 16.6. The van der Waals surface area contributed by atoms with Crippen LogP contribution < -0.4 is 0 Å². The predicted octanol–water partition coefficient (Wildman–Crippen LogP) is 5.78. The topological polar surface area (TPSA) is 46.5 Å². The molecule has 1 radical (unpaired) electrons. The number of cyclic esters (lactones) is 1. The van der Waals surface area contributed by atoms with Crippen molar-refractivity contribution in [2.75, 3.05) is 0 Å². The summed E-state index contributed by atoms with van der Waals surface area (Å²) >= 11 is 0. The molecule has 1 N–H and O–H groups in total. The van der Waals surface area contributed by atoms with Crippen molar-refractivity contribution in [3.05, 3.63) is 83.2 Å². The van der Waals surface area contributed by atoms with Crippen LogP contribution in [0.1, 0.15) is 48.9 Å². The second-order valence-corrected chi connectivity index (χ2v) is 6.82. The SMILES string of the molecule is [CH2]c1c(CCC)cc(-c2ccccc2/C=C2\OC(=O)C=C2O)cc1CCC. The summed E-state index contributed by atoms with van der Waals surface area (Å²) in [6, 6.07) is 12.3. The van der Waals surface area contributed by atoms with Crippen LogP contribution in [0.2, 0.25) is 0 Å². The van der Waals surface area contributed by atoms with Crippen molar-refractivity contribution in [2.45, 2.75) is 39.5 Å². The van der Waals surface area contributed by atoms with Gasteiger partial charge in [0.1, 0.15) is 0 Å². The van der Waals surface area contributed by atoms with Crippen molar-refractivity contribution in [3.8, 4) is 11.1 Å². The maximum atomic E-state index is 11.4. The van der Waals surface area contributed by atoms with E-state index in [9.17, 15) is 9.90 Å². The zero-order valence-corrected chi connectivity index (χ0v) is 15.9. The van der Waals surface area contributed by atoms with Crippen LogP contribution in [-0.2, 0) is 22.4 Å². The van der Waals surface area contributed by atoms with Gasteiger partial charge in [-0.05, 0) is 59.2 Å². The fourth-order valence-electron chi connectivity index (χ4n) is 3.44. The Balaban J connectivity index is 2.11. The molecule has 0 unspecified atom stereocenters. The van der Waals surface area contributed by atoms with Gasteiger partial charge < -0.3 is 9.84 Å². The van der Waals surface area contributed by atoms with Gasteiger partial charge in [0.2, 0.25) is 0 Å². The third kappa shape index (κ3) is 4.13.